The van der Waals surface area contributed by atoms with Gasteiger partial charge in [-0.2, -0.15) is 0 Å². The molecule has 2 rings (SSSR count). The maximum absolute atomic E-state index is 3.22. The lowest BCUT2D eigenvalue weighted by molar-refractivity contribution is 0.255. The summed E-state index contributed by atoms with van der Waals surface area (Å²) in [6.45, 7) is 2.19. The zero-order chi connectivity index (χ0) is 9.97. The van der Waals surface area contributed by atoms with Crippen LogP contribution in [-0.2, 0) is 6.54 Å². The van der Waals surface area contributed by atoms with Crippen LogP contribution in [0.1, 0.15) is 23.6 Å². The van der Waals surface area contributed by atoms with E-state index in [1.807, 2.05) is 7.05 Å². The van der Waals surface area contributed by atoms with E-state index in [4.69, 9.17) is 0 Å². The molecule has 1 atom stereocenters. The topological polar surface area (TPSA) is 15.3 Å². The summed E-state index contributed by atoms with van der Waals surface area (Å²) < 4.78 is 0. The Bertz CT molecular complexity index is 309. The molecule has 0 fully saturated rings. The molecule has 0 saturated heterocycles. The smallest absolute Gasteiger partial charge is 0.0363 e. The Kier molecular flexibility index (Phi) is 2.85. The third-order valence-corrected chi connectivity index (χ3v) is 3.03. The van der Waals surface area contributed by atoms with E-state index < -0.39 is 0 Å². The van der Waals surface area contributed by atoms with Crippen LogP contribution in [0.25, 0.3) is 0 Å². The van der Waals surface area contributed by atoms with E-state index in [1.165, 1.54) is 17.5 Å². The van der Waals surface area contributed by atoms with Gasteiger partial charge in [-0.1, -0.05) is 24.3 Å². The van der Waals surface area contributed by atoms with Gasteiger partial charge in [-0.15, -0.1) is 0 Å². The normalized spacial score (nSPS) is 21.1. The monoisotopic (exact) mass is 190 g/mol. The Morgan fingerprint density at radius 1 is 1.43 bits per heavy atom. The summed E-state index contributed by atoms with van der Waals surface area (Å²) in [6, 6.07) is 9.39. The fourth-order valence-corrected chi connectivity index (χ4v) is 2.28. The van der Waals surface area contributed by atoms with Gasteiger partial charge in [-0.25, -0.2) is 0 Å². The van der Waals surface area contributed by atoms with Gasteiger partial charge >= 0.3 is 0 Å². The second-order valence-electron chi connectivity index (χ2n) is 4.02. The minimum atomic E-state index is 0.610. The molecule has 2 nitrogen and oxygen atoms in total. The van der Waals surface area contributed by atoms with Crippen molar-refractivity contribution in [1.29, 1.82) is 0 Å². The van der Waals surface area contributed by atoms with Crippen LogP contribution in [0.4, 0.5) is 0 Å². The van der Waals surface area contributed by atoms with Gasteiger partial charge in [0.1, 0.15) is 0 Å². The van der Waals surface area contributed by atoms with Crippen molar-refractivity contribution in [3.8, 4) is 0 Å². The average molecular weight is 190 g/mol. The van der Waals surface area contributed by atoms with E-state index in [0.29, 0.717) is 6.04 Å². The molecule has 0 unspecified atom stereocenters. The fourth-order valence-electron chi connectivity index (χ4n) is 2.28. The molecule has 76 valence electrons. The van der Waals surface area contributed by atoms with E-state index in [-0.39, 0.29) is 0 Å². The summed E-state index contributed by atoms with van der Waals surface area (Å²) in [5.41, 5.74) is 3.02. The Morgan fingerprint density at radius 3 is 3.00 bits per heavy atom. The highest BCUT2D eigenvalue weighted by Crippen LogP contribution is 2.33. The summed E-state index contributed by atoms with van der Waals surface area (Å²) in [4.78, 5) is 2.43. The molecule has 0 aliphatic carbocycles. The van der Waals surface area contributed by atoms with Crippen LogP contribution < -0.4 is 5.32 Å². The van der Waals surface area contributed by atoms with Crippen molar-refractivity contribution < 1.29 is 0 Å². The number of benzene rings is 1. The predicted octanol–water partition coefficient (Wildman–Crippen LogP) is 1.78. The van der Waals surface area contributed by atoms with E-state index in [2.05, 4.69) is 41.5 Å². The Labute approximate surface area is 85.9 Å². The minimum absolute atomic E-state index is 0.610. The number of nitrogens with zero attached hydrogens (tertiary/aromatic N) is 1. The number of nitrogens with one attached hydrogen (secondary N) is 1. The highest BCUT2D eigenvalue weighted by molar-refractivity contribution is 5.33. The number of fused-ring (bicyclic) bond motifs is 1. The van der Waals surface area contributed by atoms with Crippen LogP contribution >= 0.6 is 0 Å². The summed E-state index contributed by atoms with van der Waals surface area (Å²) in [5, 5.41) is 3.22. The van der Waals surface area contributed by atoms with Gasteiger partial charge < -0.3 is 5.32 Å². The standard InChI is InChI=1S/C12H18N2/c1-13-8-7-12-11-6-4-3-5-10(11)9-14(12)2/h3-6,12-13H,7-9H2,1-2H3/t12-/m0/s1. The number of rotatable bonds is 3. The molecular weight excluding hydrogens is 172 g/mol. The van der Waals surface area contributed by atoms with Gasteiger partial charge in [0.15, 0.2) is 0 Å². The van der Waals surface area contributed by atoms with E-state index >= 15 is 0 Å². The van der Waals surface area contributed by atoms with Crippen molar-refractivity contribution >= 4 is 0 Å². The van der Waals surface area contributed by atoms with Crippen molar-refractivity contribution in [3.63, 3.8) is 0 Å². The van der Waals surface area contributed by atoms with Gasteiger partial charge in [0.2, 0.25) is 0 Å². The van der Waals surface area contributed by atoms with Gasteiger partial charge in [0, 0.05) is 12.6 Å². The van der Waals surface area contributed by atoms with Crippen LogP contribution in [0, 0.1) is 0 Å². The molecule has 0 radical (unpaired) electrons. The van der Waals surface area contributed by atoms with Crippen LogP contribution in [-0.4, -0.2) is 25.5 Å². The van der Waals surface area contributed by atoms with Gasteiger partial charge in [0.05, 0.1) is 0 Å². The molecule has 1 aliphatic rings. The first kappa shape index (κ1) is 9.69. The van der Waals surface area contributed by atoms with E-state index in [0.717, 1.165) is 13.1 Å². The third-order valence-electron chi connectivity index (χ3n) is 3.03. The predicted molar refractivity (Wildman–Crippen MR) is 59.2 cm³/mol. The van der Waals surface area contributed by atoms with Gasteiger partial charge in [-0.3, -0.25) is 4.90 Å². The second kappa shape index (κ2) is 4.11. The summed E-state index contributed by atoms with van der Waals surface area (Å²) in [6.07, 6.45) is 1.20. The quantitative estimate of drug-likeness (QED) is 0.781. The van der Waals surface area contributed by atoms with E-state index in [1.54, 1.807) is 0 Å². The first-order valence-electron chi connectivity index (χ1n) is 5.25. The van der Waals surface area contributed by atoms with Crippen molar-refractivity contribution in [1.82, 2.24) is 10.2 Å². The molecule has 1 aromatic rings. The lowest BCUT2D eigenvalue weighted by atomic mass is 10.0. The largest absolute Gasteiger partial charge is 0.320 e. The summed E-state index contributed by atoms with van der Waals surface area (Å²) in [5.74, 6) is 0. The first-order valence-corrected chi connectivity index (χ1v) is 5.25. The summed E-state index contributed by atoms with van der Waals surface area (Å²) >= 11 is 0. The molecule has 2 heteroatoms. The zero-order valence-electron chi connectivity index (χ0n) is 8.96. The molecule has 0 spiro atoms. The van der Waals surface area contributed by atoms with Gasteiger partial charge in [0.25, 0.3) is 0 Å². The molecule has 1 aliphatic heterocycles. The zero-order valence-corrected chi connectivity index (χ0v) is 8.96. The van der Waals surface area contributed by atoms with Crippen molar-refractivity contribution in [2.24, 2.45) is 0 Å². The first-order chi connectivity index (χ1) is 6.83. The molecule has 0 bridgehead atoms. The molecule has 1 aromatic carbocycles. The maximum Gasteiger partial charge on any atom is 0.0363 e. The van der Waals surface area contributed by atoms with Gasteiger partial charge in [-0.05, 0) is 38.2 Å². The van der Waals surface area contributed by atoms with Crippen LogP contribution in [0.3, 0.4) is 0 Å². The van der Waals surface area contributed by atoms with Crippen LogP contribution in [0.5, 0.6) is 0 Å². The Hall–Kier alpha value is -0.860. The SMILES string of the molecule is CNCC[C@H]1c2ccccc2CN1C. The molecular formula is C12H18N2. The third kappa shape index (κ3) is 1.68. The highest BCUT2D eigenvalue weighted by atomic mass is 15.1. The molecule has 1 heterocycles. The van der Waals surface area contributed by atoms with Crippen LogP contribution in [0.2, 0.25) is 0 Å². The van der Waals surface area contributed by atoms with Crippen molar-refractivity contribution in [2.75, 3.05) is 20.6 Å². The Morgan fingerprint density at radius 2 is 2.21 bits per heavy atom. The van der Waals surface area contributed by atoms with E-state index in [9.17, 15) is 0 Å². The molecule has 14 heavy (non-hydrogen) atoms. The lowest BCUT2D eigenvalue weighted by Gasteiger charge is -2.19. The highest BCUT2D eigenvalue weighted by Gasteiger charge is 2.25. The van der Waals surface area contributed by atoms with Crippen molar-refractivity contribution in [2.45, 2.75) is 19.0 Å². The molecule has 0 aromatic heterocycles. The van der Waals surface area contributed by atoms with Crippen LogP contribution in [0.15, 0.2) is 24.3 Å². The Balaban J connectivity index is 2.17. The lowest BCUT2D eigenvalue weighted by Crippen LogP contribution is -2.21. The second-order valence-corrected chi connectivity index (χ2v) is 4.02. The fraction of sp³-hybridized carbons (Fsp3) is 0.500. The van der Waals surface area contributed by atoms with Crippen molar-refractivity contribution in [3.05, 3.63) is 35.4 Å². The number of hydrogen-bond donors (Lipinski definition) is 1. The molecule has 0 saturated carbocycles. The molecule has 1 N–H and O–H groups in total. The number of hydrogen-bond acceptors (Lipinski definition) is 2. The summed E-state index contributed by atoms with van der Waals surface area (Å²) in [7, 11) is 4.22. The minimum Gasteiger partial charge on any atom is -0.320 e. The maximum atomic E-state index is 3.22. The average Bonchev–Trinajstić information content (AvgIpc) is 2.51. The molecule has 0 amide bonds.